The van der Waals surface area contributed by atoms with Crippen LogP contribution < -0.4 is 10.2 Å². The summed E-state index contributed by atoms with van der Waals surface area (Å²) in [5, 5.41) is 2.97. The number of halogens is 3. The highest BCUT2D eigenvalue weighted by Crippen LogP contribution is 2.49. The van der Waals surface area contributed by atoms with Crippen LogP contribution in [0.1, 0.15) is 31.7 Å². The Bertz CT molecular complexity index is 1010. The fraction of sp³-hybridized carbons (Fsp3) is 0.500. The summed E-state index contributed by atoms with van der Waals surface area (Å²) in [5.74, 6) is 0.118. The highest BCUT2D eigenvalue weighted by atomic mass is 32.2. The van der Waals surface area contributed by atoms with E-state index in [1.54, 1.807) is 6.07 Å². The van der Waals surface area contributed by atoms with E-state index in [9.17, 15) is 18.0 Å². The van der Waals surface area contributed by atoms with Gasteiger partial charge in [-0.25, -0.2) is 0 Å². The van der Waals surface area contributed by atoms with Crippen molar-refractivity contribution in [3.8, 4) is 0 Å². The van der Waals surface area contributed by atoms with E-state index in [1.807, 2.05) is 36.1 Å². The van der Waals surface area contributed by atoms with Crippen LogP contribution in [0.2, 0.25) is 0 Å². The summed E-state index contributed by atoms with van der Waals surface area (Å²) in [6.07, 6.45) is -2.06. The zero-order valence-corrected chi connectivity index (χ0v) is 20.9. The minimum atomic E-state index is -4.36. The molecule has 0 spiro atoms. The van der Waals surface area contributed by atoms with Gasteiger partial charge in [0, 0.05) is 62.0 Å². The van der Waals surface area contributed by atoms with Crippen molar-refractivity contribution >= 4 is 29.0 Å². The molecule has 190 valence electrons. The predicted octanol–water partition coefficient (Wildman–Crippen LogP) is 5.23. The largest absolute Gasteiger partial charge is 0.416 e. The second-order valence-corrected chi connectivity index (χ2v) is 10.1. The van der Waals surface area contributed by atoms with E-state index in [1.165, 1.54) is 23.9 Å². The molecule has 0 radical (unpaired) electrons. The molecule has 0 unspecified atom stereocenters. The monoisotopic (exact) mass is 506 g/mol. The number of benzene rings is 2. The van der Waals surface area contributed by atoms with Gasteiger partial charge in [-0.05, 0) is 49.7 Å². The maximum atomic E-state index is 13.4. The summed E-state index contributed by atoms with van der Waals surface area (Å²) in [6, 6.07) is 12.0. The first-order valence-electron chi connectivity index (χ1n) is 12.3. The van der Waals surface area contributed by atoms with Gasteiger partial charge in [-0.2, -0.15) is 13.2 Å². The van der Waals surface area contributed by atoms with E-state index in [4.69, 9.17) is 0 Å². The van der Waals surface area contributed by atoms with E-state index in [-0.39, 0.29) is 5.91 Å². The Hall–Kier alpha value is -2.23. The summed E-state index contributed by atoms with van der Waals surface area (Å²) in [4.78, 5) is 20.4. The topological polar surface area (TPSA) is 38.8 Å². The van der Waals surface area contributed by atoms with Crippen molar-refractivity contribution in [3.05, 3.63) is 48.0 Å². The van der Waals surface area contributed by atoms with Gasteiger partial charge in [0.2, 0.25) is 5.91 Å². The van der Waals surface area contributed by atoms with Crippen molar-refractivity contribution in [2.24, 2.45) is 0 Å². The minimum absolute atomic E-state index is 0.118. The van der Waals surface area contributed by atoms with Gasteiger partial charge in [-0.3, -0.25) is 9.69 Å². The molecule has 1 N–H and O–H groups in total. The molecule has 0 saturated carbocycles. The molecule has 0 aliphatic carbocycles. The average molecular weight is 507 g/mol. The van der Waals surface area contributed by atoms with E-state index >= 15 is 0 Å². The number of hydrogen-bond acceptors (Lipinski definition) is 5. The van der Waals surface area contributed by atoms with Crippen LogP contribution in [0, 0.1) is 0 Å². The molecule has 2 aliphatic rings. The highest BCUT2D eigenvalue weighted by Gasteiger charge is 2.33. The molecule has 4 rings (SSSR count). The SMILES string of the molecule is CCCC(=O)NCCN1CCN(CCCN2c3ccccc3Sc3ccc(C(F)(F)F)cc32)CC1. The van der Waals surface area contributed by atoms with Crippen LogP contribution in [-0.4, -0.2) is 68.1 Å². The molecule has 1 saturated heterocycles. The maximum absolute atomic E-state index is 13.4. The lowest BCUT2D eigenvalue weighted by Crippen LogP contribution is -2.48. The van der Waals surface area contributed by atoms with Crippen LogP contribution in [-0.2, 0) is 11.0 Å². The predicted molar refractivity (Wildman–Crippen MR) is 134 cm³/mol. The Morgan fingerprint density at radius 2 is 1.63 bits per heavy atom. The first-order valence-corrected chi connectivity index (χ1v) is 13.1. The quantitative estimate of drug-likeness (QED) is 0.504. The number of nitrogens with zero attached hydrogens (tertiary/aromatic N) is 3. The van der Waals surface area contributed by atoms with Crippen molar-refractivity contribution < 1.29 is 18.0 Å². The first-order chi connectivity index (χ1) is 16.8. The van der Waals surface area contributed by atoms with Crippen molar-refractivity contribution in [1.82, 2.24) is 15.1 Å². The second-order valence-electron chi connectivity index (χ2n) is 9.04. The molecular formula is C26H33F3N4OS. The lowest BCUT2D eigenvalue weighted by atomic mass is 10.1. The van der Waals surface area contributed by atoms with Gasteiger partial charge < -0.3 is 15.1 Å². The van der Waals surface area contributed by atoms with Crippen LogP contribution in [0.4, 0.5) is 24.5 Å². The Labute approximate surface area is 209 Å². The van der Waals surface area contributed by atoms with Crippen molar-refractivity contribution in [2.45, 2.75) is 42.2 Å². The van der Waals surface area contributed by atoms with Crippen molar-refractivity contribution in [3.63, 3.8) is 0 Å². The van der Waals surface area contributed by atoms with Gasteiger partial charge in [0.15, 0.2) is 0 Å². The molecule has 2 aromatic carbocycles. The average Bonchev–Trinajstić information content (AvgIpc) is 2.84. The molecule has 2 aliphatic heterocycles. The second kappa shape index (κ2) is 11.7. The molecule has 0 bridgehead atoms. The standard InChI is InChI=1S/C26H33F3N4OS/c1-2-6-25(34)30-11-14-32-17-15-31(16-18-32)12-5-13-33-21-7-3-4-8-23(21)35-24-10-9-20(19-22(24)33)26(27,28)29/h3-4,7-10,19H,2,5-6,11-18H2,1H3,(H,30,34). The minimum Gasteiger partial charge on any atom is -0.355 e. The highest BCUT2D eigenvalue weighted by molar-refractivity contribution is 7.99. The molecule has 5 nitrogen and oxygen atoms in total. The number of piperazine rings is 1. The lowest BCUT2D eigenvalue weighted by Gasteiger charge is -2.36. The number of nitrogens with one attached hydrogen (secondary N) is 1. The number of fused-ring (bicyclic) bond motifs is 2. The molecule has 2 heterocycles. The number of rotatable bonds is 9. The van der Waals surface area contributed by atoms with Crippen LogP contribution in [0.15, 0.2) is 52.3 Å². The van der Waals surface area contributed by atoms with E-state index in [0.29, 0.717) is 25.2 Å². The molecule has 35 heavy (non-hydrogen) atoms. The van der Waals surface area contributed by atoms with Gasteiger partial charge in [0.1, 0.15) is 0 Å². The smallest absolute Gasteiger partial charge is 0.355 e. The summed E-state index contributed by atoms with van der Waals surface area (Å²) >= 11 is 1.53. The molecule has 1 fully saturated rings. The number of anilines is 2. The summed E-state index contributed by atoms with van der Waals surface area (Å²) < 4.78 is 40.2. The first kappa shape index (κ1) is 25.9. The van der Waals surface area contributed by atoms with Gasteiger partial charge in [0.05, 0.1) is 16.9 Å². The van der Waals surface area contributed by atoms with Crippen molar-refractivity contribution in [2.75, 3.05) is 57.3 Å². The number of alkyl halides is 3. The molecular weight excluding hydrogens is 473 g/mol. The third kappa shape index (κ3) is 6.71. The van der Waals surface area contributed by atoms with Crippen LogP contribution >= 0.6 is 11.8 Å². The Morgan fingerprint density at radius 3 is 2.34 bits per heavy atom. The van der Waals surface area contributed by atoms with Crippen molar-refractivity contribution in [1.29, 1.82) is 0 Å². The summed E-state index contributed by atoms with van der Waals surface area (Å²) in [5.41, 5.74) is 1.00. The fourth-order valence-corrected chi connectivity index (χ4v) is 5.68. The summed E-state index contributed by atoms with van der Waals surface area (Å²) in [6.45, 7) is 8.97. The number of amides is 1. The summed E-state index contributed by atoms with van der Waals surface area (Å²) in [7, 11) is 0. The Morgan fingerprint density at radius 1 is 0.943 bits per heavy atom. The number of hydrogen-bond donors (Lipinski definition) is 1. The molecule has 0 aromatic heterocycles. The van der Waals surface area contributed by atoms with E-state index in [0.717, 1.165) is 67.6 Å². The van der Waals surface area contributed by atoms with Gasteiger partial charge >= 0.3 is 6.18 Å². The van der Waals surface area contributed by atoms with Crippen LogP contribution in [0.5, 0.6) is 0 Å². The van der Waals surface area contributed by atoms with E-state index < -0.39 is 11.7 Å². The lowest BCUT2D eigenvalue weighted by molar-refractivity contribution is -0.137. The third-order valence-corrected chi connectivity index (χ3v) is 7.63. The number of carbonyl (C=O) groups is 1. The normalized spacial score (nSPS) is 16.6. The zero-order valence-electron chi connectivity index (χ0n) is 20.1. The van der Waals surface area contributed by atoms with Crippen LogP contribution in [0.25, 0.3) is 0 Å². The van der Waals surface area contributed by atoms with Gasteiger partial charge in [0.25, 0.3) is 0 Å². The molecule has 2 aromatic rings. The number of para-hydroxylation sites is 1. The Balaban J connectivity index is 1.31. The van der Waals surface area contributed by atoms with Crippen LogP contribution in [0.3, 0.4) is 0 Å². The molecule has 0 atom stereocenters. The van der Waals surface area contributed by atoms with Gasteiger partial charge in [-0.15, -0.1) is 0 Å². The third-order valence-electron chi connectivity index (χ3n) is 6.50. The molecule has 9 heteroatoms. The molecule has 1 amide bonds. The Kier molecular flexibility index (Phi) is 8.62. The number of carbonyl (C=O) groups excluding carboxylic acids is 1. The fourth-order valence-electron chi connectivity index (χ4n) is 4.60. The van der Waals surface area contributed by atoms with Gasteiger partial charge in [-0.1, -0.05) is 30.8 Å². The zero-order chi connectivity index (χ0) is 24.8. The van der Waals surface area contributed by atoms with E-state index in [2.05, 4.69) is 15.1 Å². The maximum Gasteiger partial charge on any atom is 0.416 e.